The van der Waals surface area contributed by atoms with Crippen LogP contribution in [0.15, 0.2) is 0 Å². The van der Waals surface area contributed by atoms with Crippen molar-refractivity contribution in [2.45, 2.75) is 12.8 Å². The largest absolute Gasteiger partial charge is 0.381 e. The number of ether oxygens (including phenoxy) is 1. The Morgan fingerprint density at radius 3 is 1.73 bits per heavy atom. The molecular weight excluding hydrogens is 167 g/mol. The van der Waals surface area contributed by atoms with Gasteiger partial charge in [0, 0.05) is 27.4 Å². The van der Waals surface area contributed by atoms with Crippen molar-refractivity contribution in [3.05, 3.63) is 0 Å². The average molecular weight is 182 g/mol. The maximum absolute atomic E-state index is 9.92. The SMILES string of the molecule is C1CCOC1.CO[PH](=O)OC. The summed E-state index contributed by atoms with van der Waals surface area (Å²) in [4.78, 5) is 0. The fourth-order valence-corrected chi connectivity index (χ4v) is 0.760. The first-order valence-corrected chi connectivity index (χ1v) is 4.73. The van der Waals surface area contributed by atoms with Gasteiger partial charge in [-0.3, -0.25) is 4.57 Å². The second-order valence-electron chi connectivity index (χ2n) is 1.98. The van der Waals surface area contributed by atoms with Crippen molar-refractivity contribution >= 4 is 8.25 Å². The smallest absolute Gasteiger partial charge is 0.318 e. The van der Waals surface area contributed by atoms with Gasteiger partial charge in [0.05, 0.1) is 0 Å². The van der Waals surface area contributed by atoms with Gasteiger partial charge in [0.15, 0.2) is 0 Å². The summed E-state index contributed by atoms with van der Waals surface area (Å²) < 4.78 is 23.3. The third-order valence-corrected chi connectivity index (χ3v) is 1.83. The molecule has 1 rings (SSSR count). The molecule has 1 aliphatic rings. The molecule has 5 heteroatoms. The van der Waals surface area contributed by atoms with Crippen LogP contribution >= 0.6 is 8.25 Å². The van der Waals surface area contributed by atoms with E-state index in [1.807, 2.05) is 0 Å². The van der Waals surface area contributed by atoms with E-state index in [1.54, 1.807) is 0 Å². The van der Waals surface area contributed by atoms with Gasteiger partial charge in [0.2, 0.25) is 0 Å². The molecule has 0 amide bonds. The summed E-state index contributed by atoms with van der Waals surface area (Å²) in [5.74, 6) is 0. The molecule has 11 heavy (non-hydrogen) atoms. The molecule has 0 radical (unpaired) electrons. The lowest BCUT2D eigenvalue weighted by Crippen LogP contribution is -1.74. The fraction of sp³-hybridized carbons (Fsp3) is 1.00. The van der Waals surface area contributed by atoms with E-state index in [2.05, 4.69) is 9.05 Å². The third-order valence-electron chi connectivity index (χ3n) is 1.16. The normalized spacial score (nSPS) is 16.3. The molecule has 1 fully saturated rings. The van der Waals surface area contributed by atoms with Gasteiger partial charge in [0.25, 0.3) is 0 Å². The van der Waals surface area contributed by atoms with Crippen LogP contribution in [0, 0.1) is 0 Å². The van der Waals surface area contributed by atoms with E-state index in [1.165, 1.54) is 27.1 Å². The standard InChI is InChI=1S/C4H8O.C2H7O3P/c1-2-4-5-3-1;1-4-6(3)5-2/h1-4H2;6H,1-2H3. The average Bonchev–Trinajstić information content (AvgIpc) is 2.60. The predicted molar refractivity (Wildman–Crippen MR) is 43.1 cm³/mol. The van der Waals surface area contributed by atoms with E-state index >= 15 is 0 Å². The molecular formula is C6H15O4P. The van der Waals surface area contributed by atoms with Gasteiger partial charge in [-0.2, -0.15) is 0 Å². The van der Waals surface area contributed by atoms with E-state index in [0.29, 0.717) is 0 Å². The van der Waals surface area contributed by atoms with Crippen molar-refractivity contribution in [3.63, 3.8) is 0 Å². The number of hydrogen-bond donors (Lipinski definition) is 0. The molecule has 0 atom stereocenters. The molecule has 1 saturated heterocycles. The van der Waals surface area contributed by atoms with Crippen LogP contribution in [0.25, 0.3) is 0 Å². The third kappa shape index (κ3) is 8.01. The van der Waals surface area contributed by atoms with E-state index in [4.69, 9.17) is 4.74 Å². The Hall–Kier alpha value is 0.110. The molecule has 0 bridgehead atoms. The van der Waals surface area contributed by atoms with Gasteiger partial charge in [-0.1, -0.05) is 0 Å². The molecule has 0 spiro atoms. The molecule has 0 aromatic carbocycles. The maximum Gasteiger partial charge on any atom is 0.318 e. The lowest BCUT2D eigenvalue weighted by Gasteiger charge is -1.89. The molecule has 0 aromatic rings. The van der Waals surface area contributed by atoms with Crippen LogP contribution in [0.5, 0.6) is 0 Å². The molecule has 4 nitrogen and oxygen atoms in total. The van der Waals surface area contributed by atoms with Crippen molar-refractivity contribution in [2.24, 2.45) is 0 Å². The predicted octanol–water partition coefficient (Wildman–Crippen LogP) is 1.47. The highest BCUT2D eigenvalue weighted by atomic mass is 31.1. The minimum absolute atomic E-state index is 1.00. The second-order valence-corrected chi connectivity index (χ2v) is 3.29. The van der Waals surface area contributed by atoms with Gasteiger partial charge in [0.1, 0.15) is 0 Å². The Labute approximate surface area is 67.8 Å². The van der Waals surface area contributed by atoms with E-state index in [0.717, 1.165) is 13.2 Å². The van der Waals surface area contributed by atoms with Crippen molar-refractivity contribution in [2.75, 3.05) is 27.4 Å². The van der Waals surface area contributed by atoms with Crippen molar-refractivity contribution < 1.29 is 18.3 Å². The van der Waals surface area contributed by atoms with Crippen molar-refractivity contribution in [1.82, 2.24) is 0 Å². The van der Waals surface area contributed by atoms with E-state index in [9.17, 15) is 4.57 Å². The summed E-state index contributed by atoms with van der Waals surface area (Å²) in [7, 11) is 0.558. The Kier molecular flexibility index (Phi) is 8.29. The molecule has 0 aromatic heterocycles. The molecule has 1 heterocycles. The minimum atomic E-state index is -2.12. The van der Waals surface area contributed by atoms with Crippen LogP contribution in [0.3, 0.4) is 0 Å². The fourth-order valence-electron chi connectivity index (χ4n) is 0.594. The minimum Gasteiger partial charge on any atom is -0.381 e. The Morgan fingerprint density at radius 2 is 1.64 bits per heavy atom. The molecule has 1 aliphatic heterocycles. The Bertz CT molecular complexity index is 89.1. The van der Waals surface area contributed by atoms with Gasteiger partial charge >= 0.3 is 8.25 Å². The lowest BCUT2D eigenvalue weighted by atomic mass is 10.4. The Morgan fingerprint density at radius 1 is 1.18 bits per heavy atom. The first-order valence-electron chi connectivity index (χ1n) is 3.51. The highest BCUT2D eigenvalue weighted by Gasteiger charge is 1.94. The molecule has 68 valence electrons. The summed E-state index contributed by atoms with van der Waals surface area (Å²) in [5.41, 5.74) is 0. The van der Waals surface area contributed by atoms with Gasteiger partial charge in [-0.25, -0.2) is 0 Å². The molecule has 0 unspecified atom stereocenters. The van der Waals surface area contributed by atoms with Crippen molar-refractivity contribution in [3.8, 4) is 0 Å². The molecule has 0 saturated carbocycles. The highest BCUT2D eigenvalue weighted by molar-refractivity contribution is 7.33. The van der Waals surface area contributed by atoms with Crippen LogP contribution < -0.4 is 0 Å². The first-order chi connectivity index (χ1) is 5.31. The zero-order chi connectivity index (χ0) is 8.53. The number of rotatable bonds is 2. The van der Waals surface area contributed by atoms with Crippen LogP contribution in [-0.4, -0.2) is 27.4 Å². The second kappa shape index (κ2) is 8.21. The topological polar surface area (TPSA) is 44.8 Å². The monoisotopic (exact) mass is 182 g/mol. The zero-order valence-electron chi connectivity index (χ0n) is 6.96. The van der Waals surface area contributed by atoms with Crippen LogP contribution in [0.4, 0.5) is 0 Å². The number of hydrogen-bond acceptors (Lipinski definition) is 4. The summed E-state index contributed by atoms with van der Waals surface area (Å²) in [5, 5.41) is 0. The van der Waals surface area contributed by atoms with Crippen LogP contribution in [0.2, 0.25) is 0 Å². The first kappa shape index (κ1) is 11.1. The van der Waals surface area contributed by atoms with E-state index < -0.39 is 8.25 Å². The molecule has 0 N–H and O–H groups in total. The molecule has 0 aliphatic carbocycles. The van der Waals surface area contributed by atoms with Gasteiger partial charge in [-0.15, -0.1) is 0 Å². The van der Waals surface area contributed by atoms with Gasteiger partial charge in [-0.05, 0) is 12.8 Å². The Balaban J connectivity index is 0.000000183. The maximum atomic E-state index is 9.92. The van der Waals surface area contributed by atoms with Crippen molar-refractivity contribution in [1.29, 1.82) is 0 Å². The summed E-state index contributed by atoms with van der Waals surface area (Å²) >= 11 is 0. The summed E-state index contributed by atoms with van der Waals surface area (Å²) in [6.07, 6.45) is 2.56. The van der Waals surface area contributed by atoms with Crippen LogP contribution in [-0.2, 0) is 18.3 Å². The van der Waals surface area contributed by atoms with Gasteiger partial charge < -0.3 is 13.8 Å². The quantitative estimate of drug-likeness (QED) is 0.606. The van der Waals surface area contributed by atoms with E-state index in [-0.39, 0.29) is 0 Å². The lowest BCUT2D eigenvalue weighted by molar-refractivity contribution is 0.198. The summed E-state index contributed by atoms with van der Waals surface area (Å²) in [6.45, 7) is 2.00. The van der Waals surface area contributed by atoms with Crippen LogP contribution in [0.1, 0.15) is 12.8 Å². The highest BCUT2D eigenvalue weighted by Crippen LogP contribution is 2.18. The zero-order valence-corrected chi connectivity index (χ0v) is 7.96. The summed E-state index contributed by atoms with van der Waals surface area (Å²) in [6, 6.07) is 0.